The average molecular weight is 545 g/mol. The first-order chi connectivity index (χ1) is 18.0. The molecule has 13 heteroatoms. The molecule has 0 aromatic heterocycles. The second-order valence-corrected chi connectivity index (χ2v) is 10.2. The fourth-order valence-electron chi connectivity index (χ4n) is 6.26. The standard InChI is InChI=1S/C26H28N2O11/c1-9(29)38-21-16-14(19(32)13-11(25(16,3)37)7-6-8-12(13)31)22(34)26(39-10(2)30)17(21)18(28(4)5)20(33)15(23(26)35)24(27)36/h6-8,16-18,21,31-32,35,37H,1-5H3,(H2,27,36). The number of aliphatic hydroxyl groups excluding tert-OH is 2. The largest absolute Gasteiger partial charge is 0.507 e. The average Bonchev–Trinajstić information content (AvgIpc) is 2.79. The van der Waals surface area contributed by atoms with Gasteiger partial charge in [0.2, 0.25) is 11.4 Å². The first-order valence-corrected chi connectivity index (χ1v) is 11.9. The molecule has 1 saturated carbocycles. The van der Waals surface area contributed by atoms with Crippen LogP contribution in [0.15, 0.2) is 35.1 Å². The zero-order valence-electron chi connectivity index (χ0n) is 21.7. The minimum absolute atomic E-state index is 0.0279. The van der Waals surface area contributed by atoms with Crippen LogP contribution in [0.3, 0.4) is 0 Å². The molecular formula is C26H28N2O11. The van der Waals surface area contributed by atoms with Gasteiger partial charge in [0.05, 0.1) is 34.6 Å². The van der Waals surface area contributed by atoms with Crippen LogP contribution in [0.5, 0.6) is 5.75 Å². The third-order valence-corrected chi connectivity index (χ3v) is 7.58. The highest BCUT2D eigenvalue weighted by Gasteiger charge is 2.73. The van der Waals surface area contributed by atoms with Gasteiger partial charge in [-0.3, -0.25) is 28.9 Å². The van der Waals surface area contributed by atoms with E-state index in [4.69, 9.17) is 15.2 Å². The van der Waals surface area contributed by atoms with Gasteiger partial charge < -0.3 is 35.6 Å². The quantitative estimate of drug-likeness (QED) is 0.245. The summed E-state index contributed by atoms with van der Waals surface area (Å²) in [6.07, 6.45) is -1.71. The number of phenols is 1. The number of phenolic OH excluding ortho intramolecular Hbond substituents is 1. The third kappa shape index (κ3) is 3.64. The maximum absolute atomic E-state index is 14.5. The summed E-state index contributed by atoms with van der Waals surface area (Å²) in [5.41, 5.74) is -1.66. The number of aromatic hydroxyl groups is 1. The number of benzene rings is 1. The number of primary amides is 1. The maximum Gasteiger partial charge on any atom is 0.304 e. The number of hydrogen-bond acceptors (Lipinski definition) is 12. The maximum atomic E-state index is 14.5. The van der Waals surface area contributed by atoms with Crippen molar-refractivity contribution < 1.29 is 53.9 Å². The van der Waals surface area contributed by atoms with Gasteiger partial charge in [0.1, 0.15) is 23.2 Å². The Hall–Kier alpha value is -4.23. The highest BCUT2D eigenvalue weighted by molar-refractivity contribution is 6.25. The molecule has 0 saturated heterocycles. The molecule has 6 atom stereocenters. The Morgan fingerprint density at radius 2 is 1.67 bits per heavy atom. The number of ketones is 2. The van der Waals surface area contributed by atoms with Crippen molar-refractivity contribution in [2.45, 2.75) is 44.1 Å². The number of carbonyl (C=O) groups excluding carboxylic acids is 5. The van der Waals surface area contributed by atoms with E-state index in [1.54, 1.807) is 0 Å². The number of nitrogens with zero attached hydrogens (tertiary/aromatic N) is 1. The van der Waals surface area contributed by atoms with E-state index in [9.17, 15) is 44.4 Å². The zero-order chi connectivity index (χ0) is 29.4. The molecule has 1 aromatic rings. The van der Waals surface area contributed by atoms with Crippen molar-refractivity contribution in [2.24, 2.45) is 17.6 Å². The number of likely N-dealkylation sites (N-methyl/N-ethyl adjacent to an activating group) is 1. The molecule has 1 amide bonds. The van der Waals surface area contributed by atoms with Crippen LogP contribution >= 0.6 is 0 Å². The lowest BCUT2D eigenvalue weighted by Gasteiger charge is -2.56. The number of nitrogens with two attached hydrogens (primary N) is 1. The first-order valence-electron chi connectivity index (χ1n) is 11.9. The van der Waals surface area contributed by atoms with Crippen molar-refractivity contribution in [3.05, 3.63) is 46.2 Å². The van der Waals surface area contributed by atoms with Crippen molar-refractivity contribution >= 4 is 35.2 Å². The zero-order valence-corrected chi connectivity index (χ0v) is 21.7. The number of Topliss-reactive ketones (excluding diaryl/α,β-unsaturated/α-hetero) is 2. The number of rotatable bonds is 4. The Bertz CT molecular complexity index is 1410. The van der Waals surface area contributed by atoms with E-state index in [1.165, 1.54) is 44.1 Å². The monoisotopic (exact) mass is 544 g/mol. The van der Waals surface area contributed by atoms with Gasteiger partial charge in [0.25, 0.3) is 5.91 Å². The molecule has 0 spiro atoms. The highest BCUT2D eigenvalue weighted by atomic mass is 16.6. The van der Waals surface area contributed by atoms with Gasteiger partial charge in [-0.25, -0.2) is 0 Å². The van der Waals surface area contributed by atoms with Gasteiger partial charge in [-0.1, -0.05) is 12.1 Å². The molecule has 0 bridgehead atoms. The fraction of sp³-hybridized carbons (Fsp3) is 0.423. The second-order valence-electron chi connectivity index (χ2n) is 10.2. The van der Waals surface area contributed by atoms with Gasteiger partial charge in [-0.05, 0) is 32.6 Å². The number of hydrogen-bond donors (Lipinski definition) is 5. The summed E-state index contributed by atoms with van der Waals surface area (Å²) in [5.74, 6) is -11.8. The molecule has 13 nitrogen and oxygen atoms in total. The van der Waals surface area contributed by atoms with Gasteiger partial charge in [-0.15, -0.1) is 0 Å². The molecule has 0 heterocycles. The van der Waals surface area contributed by atoms with E-state index >= 15 is 0 Å². The van der Waals surface area contributed by atoms with Crippen LogP contribution in [0.1, 0.15) is 31.9 Å². The van der Waals surface area contributed by atoms with Gasteiger partial charge in [-0.2, -0.15) is 0 Å². The lowest BCUT2D eigenvalue weighted by Crippen LogP contribution is -2.73. The summed E-state index contributed by atoms with van der Waals surface area (Å²) in [6.45, 7) is 3.17. The van der Waals surface area contributed by atoms with E-state index in [-0.39, 0.29) is 11.1 Å². The number of carbonyl (C=O) groups is 5. The Labute approximate surface area is 222 Å². The number of fused-ring (bicyclic) bond motifs is 3. The molecule has 39 heavy (non-hydrogen) atoms. The van der Waals surface area contributed by atoms with Gasteiger partial charge in [0.15, 0.2) is 11.5 Å². The molecule has 3 aliphatic carbocycles. The van der Waals surface area contributed by atoms with Crippen molar-refractivity contribution in [2.75, 3.05) is 14.1 Å². The summed E-state index contributed by atoms with van der Waals surface area (Å²) in [4.78, 5) is 66.5. The van der Waals surface area contributed by atoms with Crippen LogP contribution in [0.4, 0.5) is 0 Å². The van der Waals surface area contributed by atoms with Gasteiger partial charge in [0, 0.05) is 13.8 Å². The Morgan fingerprint density at radius 3 is 2.18 bits per heavy atom. The molecular weight excluding hydrogens is 516 g/mol. The van der Waals surface area contributed by atoms with Crippen molar-refractivity contribution in [3.63, 3.8) is 0 Å². The summed E-state index contributed by atoms with van der Waals surface area (Å²) < 4.78 is 11.1. The molecule has 0 radical (unpaired) electrons. The third-order valence-electron chi connectivity index (χ3n) is 7.58. The fourth-order valence-corrected chi connectivity index (χ4v) is 6.26. The van der Waals surface area contributed by atoms with Crippen molar-refractivity contribution in [3.8, 4) is 5.75 Å². The Balaban J connectivity index is 2.24. The van der Waals surface area contributed by atoms with Crippen molar-refractivity contribution in [1.82, 2.24) is 4.90 Å². The van der Waals surface area contributed by atoms with Crippen LogP contribution in [0.25, 0.3) is 5.76 Å². The number of amides is 1. The van der Waals surface area contributed by atoms with E-state index in [1.807, 2.05) is 0 Å². The molecule has 6 unspecified atom stereocenters. The summed E-state index contributed by atoms with van der Waals surface area (Å²) in [5, 5.41) is 45.1. The lowest BCUT2D eigenvalue weighted by atomic mass is 9.53. The number of esters is 2. The molecule has 1 aromatic carbocycles. The molecule has 1 fully saturated rings. The predicted octanol–water partition coefficient (Wildman–Crippen LogP) is -0.259. The molecule has 208 valence electrons. The Morgan fingerprint density at radius 1 is 1.05 bits per heavy atom. The second kappa shape index (κ2) is 8.92. The van der Waals surface area contributed by atoms with E-state index < -0.39 is 93.0 Å². The smallest absolute Gasteiger partial charge is 0.304 e. The topological polar surface area (TPSA) is 214 Å². The van der Waals surface area contributed by atoms with Crippen LogP contribution < -0.4 is 5.73 Å². The SMILES string of the molecule is CC(=O)OC1C2C(N(C)C)C(=O)C(C(N)=O)=C(O)C2(OC(C)=O)C(=O)C2=C(O)c3c(O)cccc3C(C)(O)C21. The van der Waals surface area contributed by atoms with E-state index in [2.05, 4.69) is 0 Å². The van der Waals surface area contributed by atoms with Crippen LogP contribution in [0.2, 0.25) is 0 Å². The van der Waals surface area contributed by atoms with Crippen LogP contribution in [-0.4, -0.2) is 86.6 Å². The Kier molecular flexibility index (Phi) is 6.36. The van der Waals surface area contributed by atoms with E-state index in [0.29, 0.717) is 0 Å². The normalized spacial score (nSPS) is 31.9. The molecule has 6 N–H and O–H groups in total. The van der Waals surface area contributed by atoms with Gasteiger partial charge >= 0.3 is 11.9 Å². The number of aliphatic hydroxyl groups is 3. The minimum Gasteiger partial charge on any atom is -0.507 e. The predicted molar refractivity (Wildman–Crippen MR) is 131 cm³/mol. The summed E-state index contributed by atoms with van der Waals surface area (Å²) in [6, 6.07) is 2.40. The number of ether oxygens (including phenoxy) is 2. The molecule has 3 aliphatic rings. The lowest BCUT2D eigenvalue weighted by molar-refractivity contribution is -0.206. The minimum atomic E-state index is -2.89. The summed E-state index contributed by atoms with van der Waals surface area (Å²) in [7, 11) is 2.79. The summed E-state index contributed by atoms with van der Waals surface area (Å²) >= 11 is 0. The van der Waals surface area contributed by atoms with Crippen molar-refractivity contribution in [1.29, 1.82) is 0 Å². The van der Waals surface area contributed by atoms with Crippen LogP contribution in [0, 0.1) is 11.8 Å². The molecule has 4 rings (SSSR count). The van der Waals surface area contributed by atoms with E-state index in [0.717, 1.165) is 13.8 Å². The highest BCUT2D eigenvalue weighted by Crippen LogP contribution is 2.59. The first kappa shape index (κ1) is 27.8. The molecule has 0 aliphatic heterocycles. The van der Waals surface area contributed by atoms with Crippen LogP contribution in [-0.2, 0) is 39.0 Å².